The maximum Gasteiger partial charge on any atom is 0.266 e. The zero-order chi connectivity index (χ0) is 15.5. The van der Waals surface area contributed by atoms with Crippen LogP contribution in [0.5, 0.6) is 0 Å². The van der Waals surface area contributed by atoms with Crippen molar-refractivity contribution >= 4 is 41.0 Å². The number of rotatable bonds is 2. The van der Waals surface area contributed by atoms with Gasteiger partial charge in [0.2, 0.25) is 0 Å². The van der Waals surface area contributed by atoms with E-state index in [4.69, 9.17) is 5.73 Å². The highest BCUT2D eigenvalue weighted by Crippen LogP contribution is 2.24. The topological polar surface area (TPSA) is 49.6 Å². The summed E-state index contributed by atoms with van der Waals surface area (Å²) in [6.45, 7) is 5.51. The summed E-state index contributed by atoms with van der Waals surface area (Å²) in [7, 11) is 0. The number of nitrogen functional groups attached to an aromatic ring is 1. The molecule has 2 aromatic rings. The molecule has 124 valence electrons. The molecule has 1 aromatic carbocycles. The van der Waals surface area contributed by atoms with Gasteiger partial charge in [-0.1, -0.05) is 18.2 Å². The maximum absolute atomic E-state index is 12.6. The number of amides is 1. The normalized spacial score (nSPS) is 15.0. The molecular formula is C17H22ClN3OS. The average Bonchev–Trinajstić information content (AvgIpc) is 2.80. The van der Waals surface area contributed by atoms with Gasteiger partial charge in [0.15, 0.2) is 0 Å². The van der Waals surface area contributed by atoms with Crippen molar-refractivity contribution in [1.29, 1.82) is 0 Å². The van der Waals surface area contributed by atoms with Gasteiger partial charge in [-0.05, 0) is 36.4 Å². The highest BCUT2D eigenvalue weighted by Gasteiger charge is 2.23. The zero-order valence-electron chi connectivity index (χ0n) is 13.2. The van der Waals surface area contributed by atoms with Crippen LogP contribution in [0.2, 0.25) is 0 Å². The Morgan fingerprint density at radius 1 is 1.13 bits per heavy atom. The average molecular weight is 352 g/mol. The Kier molecular flexibility index (Phi) is 5.91. The first-order valence-electron chi connectivity index (χ1n) is 7.59. The molecule has 0 radical (unpaired) electrons. The molecule has 3 rings (SSSR count). The predicted octanol–water partition coefficient (Wildman–Crippen LogP) is 3.41. The summed E-state index contributed by atoms with van der Waals surface area (Å²) in [5.74, 6) is 0.0686. The van der Waals surface area contributed by atoms with Crippen LogP contribution in [-0.2, 0) is 0 Å². The zero-order valence-corrected chi connectivity index (χ0v) is 14.8. The molecule has 0 bridgehead atoms. The van der Waals surface area contributed by atoms with E-state index in [9.17, 15) is 4.79 Å². The largest absolute Gasteiger partial charge is 0.397 e. The van der Waals surface area contributed by atoms with Gasteiger partial charge in [-0.3, -0.25) is 4.79 Å². The minimum absolute atomic E-state index is 0. The van der Waals surface area contributed by atoms with Crippen molar-refractivity contribution in [3.8, 4) is 0 Å². The third kappa shape index (κ3) is 3.79. The Balaban J connectivity index is 0.00000192. The number of thiophene rings is 1. The van der Waals surface area contributed by atoms with Crippen molar-refractivity contribution in [2.45, 2.75) is 13.3 Å². The molecule has 0 aliphatic carbocycles. The summed E-state index contributed by atoms with van der Waals surface area (Å²) in [6, 6.07) is 10.2. The monoisotopic (exact) mass is 351 g/mol. The first kappa shape index (κ1) is 17.6. The highest BCUT2D eigenvalue weighted by molar-refractivity contribution is 7.12. The molecule has 1 fully saturated rings. The second kappa shape index (κ2) is 7.70. The Morgan fingerprint density at radius 3 is 2.61 bits per heavy atom. The van der Waals surface area contributed by atoms with Crippen molar-refractivity contribution in [1.82, 2.24) is 4.90 Å². The van der Waals surface area contributed by atoms with Crippen LogP contribution in [0, 0.1) is 6.92 Å². The number of carbonyl (C=O) groups is 1. The molecule has 4 nitrogen and oxygen atoms in total. The van der Waals surface area contributed by atoms with E-state index in [2.05, 4.69) is 36.1 Å². The van der Waals surface area contributed by atoms with E-state index in [-0.39, 0.29) is 18.3 Å². The number of nitrogens with zero attached hydrogens (tertiary/aromatic N) is 2. The SMILES string of the molecule is Cc1ccccc1N1CCCN(C(=O)c2sccc2N)CC1.Cl. The lowest BCUT2D eigenvalue weighted by Gasteiger charge is -2.25. The maximum atomic E-state index is 12.6. The highest BCUT2D eigenvalue weighted by atomic mass is 35.5. The second-order valence-electron chi connectivity index (χ2n) is 5.62. The van der Waals surface area contributed by atoms with Crippen molar-refractivity contribution in [2.24, 2.45) is 0 Å². The van der Waals surface area contributed by atoms with Gasteiger partial charge in [0, 0.05) is 31.9 Å². The van der Waals surface area contributed by atoms with Gasteiger partial charge in [-0.2, -0.15) is 0 Å². The fourth-order valence-corrected chi connectivity index (χ4v) is 3.70. The van der Waals surface area contributed by atoms with Gasteiger partial charge in [-0.25, -0.2) is 0 Å². The van der Waals surface area contributed by atoms with Crippen molar-refractivity contribution in [2.75, 3.05) is 36.8 Å². The molecule has 2 heterocycles. The lowest BCUT2D eigenvalue weighted by atomic mass is 10.2. The second-order valence-corrected chi connectivity index (χ2v) is 6.54. The van der Waals surface area contributed by atoms with Gasteiger partial charge in [0.25, 0.3) is 5.91 Å². The van der Waals surface area contributed by atoms with Gasteiger partial charge < -0.3 is 15.5 Å². The number of halogens is 1. The third-order valence-corrected chi connectivity index (χ3v) is 5.05. The van der Waals surface area contributed by atoms with Crippen molar-refractivity contribution < 1.29 is 4.79 Å². The molecule has 1 aromatic heterocycles. The molecule has 0 unspecified atom stereocenters. The molecule has 1 amide bonds. The number of nitrogens with two attached hydrogens (primary N) is 1. The van der Waals surface area contributed by atoms with Crippen LogP contribution in [-0.4, -0.2) is 37.0 Å². The summed E-state index contributed by atoms with van der Waals surface area (Å²) in [4.78, 5) is 17.6. The molecule has 6 heteroatoms. The summed E-state index contributed by atoms with van der Waals surface area (Å²) in [5, 5.41) is 1.88. The minimum Gasteiger partial charge on any atom is -0.397 e. The molecule has 0 atom stereocenters. The number of benzene rings is 1. The molecule has 0 saturated carbocycles. The Bertz CT molecular complexity index is 673. The number of hydrogen-bond acceptors (Lipinski definition) is 4. The molecular weight excluding hydrogens is 330 g/mol. The van der Waals surface area contributed by atoms with Gasteiger partial charge >= 0.3 is 0 Å². The lowest BCUT2D eigenvalue weighted by Crippen LogP contribution is -2.35. The number of hydrogen-bond donors (Lipinski definition) is 1. The van der Waals surface area contributed by atoms with E-state index >= 15 is 0 Å². The van der Waals surface area contributed by atoms with Crippen LogP contribution in [0.4, 0.5) is 11.4 Å². The first-order chi connectivity index (χ1) is 10.7. The molecule has 1 aliphatic rings. The Labute approximate surface area is 147 Å². The van der Waals surface area contributed by atoms with Crippen LogP contribution >= 0.6 is 23.7 Å². The summed E-state index contributed by atoms with van der Waals surface area (Å²) in [6.07, 6.45) is 0.978. The Hall–Kier alpha value is -1.72. The first-order valence-corrected chi connectivity index (χ1v) is 8.47. The number of anilines is 2. The smallest absolute Gasteiger partial charge is 0.266 e. The van der Waals surface area contributed by atoms with E-state index in [1.807, 2.05) is 10.3 Å². The summed E-state index contributed by atoms with van der Waals surface area (Å²) >= 11 is 1.43. The van der Waals surface area contributed by atoms with Crippen LogP contribution in [0.15, 0.2) is 35.7 Å². The molecule has 2 N–H and O–H groups in total. The predicted molar refractivity (Wildman–Crippen MR) is 99.9 cm³/mol. The minimum atomic E-state index is 0. The molecule has 1 saturated heterocycles. The number of carbonyl (C=O) groups excluding carboxylic acids is 1. The quantitative estimate of drug-likeness (QED) is 0.902. The van der Waals surface area contributed by atoms with Crippen LogP contribution in [0.1, 0.15) is 21.7 Å². The van der Waals surface area contributed by atoms with Gasteiger partial charge in [-0.15, -0.1) is 23.7 Å². The summed E-state index contributed by atoms with van der Waals surface area (Å²) < 4.78 is 0. The fraction of sp³-hybridized carbons (Fsp3) is 0.353. The van der Waals surface area contributed by atoms with Crippen LogP contribution in [0.3, 0.4) is 0 Å². The Morgan fingerprint density at radius 2 is 1.91 bits per heavy atom. The van der Waals surface area contributed by atoms with Crippen molar-refractivity contribution in [3.05, 3.63) is 46.2 Å². The van der Waals surface area contributed by atoms with E-state index in [1.54, 1.807) is 6.07 Å². The molecule has 23 heavy (non-hydrogen) atoms. The molecule has 0 spiro atoms. The number of aryl methyl sites for hydroxylation is 1. The van der Waals surface area contributed by atoms with E-state index in [0.29, 0.717) is 10.6 Å². The lowest BCUT2D eigenvalue weighted by molar-refractivity contribution is 0.0773. The van der Waals surface area contributed by atoms with Crippen LogP contribution in [0.25, 0.3) is 0 Å². The number of para-hydroxylation sites is 1. The van der Waals surface area contributed by atoms with Gasteiger partial charge in [0.1, 0.15) is 4.88 Å². The fourth-order valence-electron chi connectivity index (χ4n) is 2.92. The van der Waals surface area contributed by atoms with Crippen LogP contribution < -0.4 is 10.6 Å². The van der Waals surface area contributed by atoms with Gasteiger partial charge in [0.05, 0.1) is 5.69 Å². The van der Waals surface area contributed by atoms with E-state index in [0.717, 1.165) is 32.6 Å². The molecule has 1 aliphatic heterocycles. The summed E-state index contributed by atoms with van der Waals surface area (Å²) in [5.41, 5.74) is 9.02. The van der Waals surface area contributed by atoms with E-state index in [1.165, 1.54) is 22.6 Å². The van der Waals surface area contributed by atoms with Crippen molar-refractivity contribution in [3.63, 3.8) is 0 Å². The third-order valence-electron chi connectivity index (χ3n) is 4.13. The van der Waals surface area contributed by atoms with E-state index < -0.39 is 0 Å². The standard InChI is InChI=1S/C17H21N3OS.ClH/c1-13-5-2-3-6-15(13)19-8-4-9-20(11-10-19)17(21)16-14(18)7-12-22-16;/h2-3,5-7,12H,4,8-11,18H2,1H3;1H.